The van der Waals surface area contributed by atoms with Crippen LogP contribution in [0.3, 0.4) is 0 Å². The van der Waals surface area contributed by atoms with Crippen LogP contribution in [0, 0.1) is 19.3 Å². The van der Waals surface area contributed by atoms with E-state index in [1.54, 1.807) is 0 Å². The first-order valence-electron chi connectivity index (χ1n) is 12.5. The molecule has 2 aliphatic rings. The van der Waals surface area contributed by atoms with E-state index in [-0.39, 0.29) is 19.0 Å². The maximum Gasteiger partial charge on any atom is 0.354 e. The Morgan fingerprint density at radius 2 is 1.76 bits per heavy atom. The summed E-state index contributed by atoms with van der Waals surface area (Å²) in [4.78, 5) is 44.7. The summed E-state index contributed by atoms with van der Waals surface area (Å²) < 4.78 is 7.80. The van der Waals surface area contributed by atoms with Crippen molar-refractivity contribution in [2.45, 2.75) is 39.8 Å². The van der Waals surface area contributed by atoms with E-state index in [4.69, 9.17) is 4.74 Å². The number of aliphatic carboxylic acids is 1. The minimum absolute atomic E-state index is 0.116. The second kappa shape index (κ2) is 9.85. The largest absolute Gasteiger partial charge is 0.481 e. The van der Waals surface area contributed by atoms with Crippen LogP contribution < -0.4 is 21.6 Å². The second-order valence-corrected chi connectivity index (χ2v) is 9.97. The Morgan fingerprint density at radius 1 is 1.05 bits per heavy atom. The van der Waals surface area contributed by atoms with Gasteiger partial charge in [0.1, 0.15) is 0 Å². The van der Waals surface area contributed by atoms with Gasteiger partial charge in [0.2, 0.25) is 5.95 Å². The topological polar surface area (TPSA) is 119 Å². The molecular weight excluding hydrogens is 474 g/mol. The number of nitrogens with zero attached hydrogens (tertiary/aromatic N) is 4. The number of aromatic nitrogens is 3. The third-order valence-electron chi connectivity index (χ3n) is 7.18. The SMILES string of the molecule is Cc1ccc(Cn2c(Nc3ccc(N4CCOCC4)c(C)c3)nc(=O)n(CC3(C(=O)O)CC3)c2=O)cc1. The lowest BCUT2D eigenvalue weighted by Crippen LogP contribution is -2.45. The number of hydrogen-bond acceptors (Lipinski definition) is 7. The van der Waals surface area contributed by atoms with Crippen molar-refractivity contribution in [2.24, 2.45) is 5.41 Å². The molecule has 0 bridgehead atoms. The lowest BCUT2D eigenvalue weighted by molar-refractivity contribution is -0.143. The molecular formula is C27H31N5O5. The van der Waals surface area contributed by atoms with Crippen LogP contribution in [-0.4, -0.2) is 51.5 Å². The highest BCUT2D eigenvalue weighted by molar-refractivity contribution is 5.77. The van der Waals surface area contributed by atoms with Crippen LogP contribution in [0.2, 0.25) is 0 Å². The normalized spacial score (nSPS) is 16.4. The Bertz CT molecular complexity index is 1430. The van der Waals surface area contributed by atoms with Crippen molar-refractivity contribution in [2.75, 3.05) is 36.5 Å². The van der Waals surface area contributed by atoms with Crippen molar-refractivity contribution in [1.82, 2.24) is 14.1 Å². The van der Waals surface area contributed by atoms with Gasteiger partial charge in [-0.1, -0.05) is 29.8 Å². The summed E-state index contributed by atoms with van der Waals surface area (Å²) in [5.41, 5.74) is 2.38. The third kappa shape index (κ3) is 5.15. The zero-order chi connectivity index (χ0) is 26.2. The fraction of sp³-hybridized carbons (Fsp3) is 0.407. The molecule has 0 radical (unpaired) electrons. The van der Waals surface area contributed by atoms with Crippen LogP contribution >= 0.6 is 0 Å². The summed E-state index contributed by atoms with van der Waals surface area (Å²) in [6.07, 6.45) is 0.863. The van der Waals surface area contributed by atoms with Crippen LogP contribution in [0.4, 0.5) is 17.3 Å². The number of carboxylic acids is 1. The molecule has 1 saturated heterocycles. The quantitative estimate of drug-likeness (QED) is 0.480. The van der Waals surface area contributed by atoms with Crippen LogP contribution in [0.15, 0.2) is 52.1 Å². The van der Waals surface area contributed by atoms with E-state index < -0.39 is 22.8 Å². The number of benzene rings is 2. The van der Waals surface area contributed by atoms with Gasteiger partial charge in [0.05, 0.1) is 25.2 Å². The van der Waals surface area contributed by atoms with E-state index in [0.29, 0.717) is 31.7 Å². The number of anilines is 3. The zero-order valence-corrected chi connectivity index (χ0v) is 21.1. The number of nitrogens with one attached hydrogen (secondary N) is 1. The Morgan fingerprint density at radius 3 is 2.38 bits per heavy atom. The first-order valence-corrected chi connectivity index (χ1v) is 12.5. The summed E-state index contributed by atoms with van der Waals surface area (Å²) in [7, 11) is 0. The van der Waals surface area contributed by atoms with E-state index >= 15 is 0 Å². The van der Waals surface area contributed by atoms with Crippen molar-refractivity contribution in [3.63, 3.8) is 0 Å². The molecule has 2 fully saturated rings. The summed E-state index contributed by atoms with van der Waals surface area (Å²) in [6, 6.07) is 13.6. The highest BCUT2D eigenvalue weighted by atomic mass is 16.5. The maximum absolute atomic E-state index is 13.6. The average Bonchev–Trinajstić information content (AvgIpc) is 3.67. The molecule has 194 valence electrons. The van der Waals surface area contributed by atoms with Crippen LogP contribution in [0.5, 0.6) is 0 Å². The minimum Gasteiger partial charge on any atom is -0.481 e. The summed E-state index contributed by atoms with van der Waals surface area (Å²) in [5, 5.41) is 12.8. The number of carboxylic acid groups (broad SMARTS) is 1. The molecule has 2 N–H and O–H groups in total. The lowest BCUT2D eigenvalue weighted by atomic mass is 10.1. The van der Waals surface area contributed by atoms with Crippen LogP contribution in [0.25, 0.3) is 0 Å². The van der Waals surface area contributed by atoms with E-state index in [9.17, 15) is 19.5 Å². The van der Waals surface area contributed by atoms with Crippen molar-refractivity contribution in [3.8, 4) is 0 Å². The Labute approximate surface area is 214 Å². The molecule has 1 aliphatic heterocycles. The molecule has 3 aromatic rings. The smallest absolute Gasteiger partial charge is 0.354 e. The molecule has 2 aromatic carbocycles. The van der Waals surface area contributed by atoms with E-state index in [0.717, 1.165) is 40.0 Å². The molecule has 2 heterocycles. The van der Waals surface area contributed by atoms with Gasteiger partial charge < -0.3 is 20.1 Å². The van der Waals surface area contributed by atoms with E-state index in [2.05, 4.69) is 15.2 Å². The van der Waals surface area contributed by atoms with Gasteiger partial charge in [-0.25, -0.2) is 14.2 Å². The fourth-order valence-electron chi connectivity index (χ4n) is 4.69. The number of ether oxygens (including phenoxy) is 1. The van der Waals surface area contributed by atoms with Crippen molar-refractivity contribution >= 4 is 23.3 Å². The number of rotatable bonds is 8. The molecule has 1 aromatic heterocycles. The predicted octanol–water partition coefficient (Wildman–Crippen LogP) is 2.52. The van der Waals surface area contributed by atoms with Gasteiger partial charge >= 0.3 is 17.3 Å². The number of morpholine rings is 1. The summed E-state index contributed by atoms with van der Waals surface area (Å²) in [6.45, 7) is 7.01. The monoisotopic (exact) mass is 505 g/mol. The van der Waals surface area contributed by atoms with Crippen molar-refractivity contribution in [1.29, 1.82) is 0 Å². The van der Waals surface area contributed by atoms with Gasteiger partial charge in [0.15, 0.2) is 0 Å². The predicted molar refractivity (Wildman–Crippen MR) is 140 cm³/mol. The molecule has 1 aliphatic carbocycles. The van der Waals surface area contributed by atoms with Gasteiger partial charge in [-0.15, -0.1) is 0 Å². The number of hydrogen-bond donors (Lipinski definition) is 2. The third-order valence-corrected chi connectivity index (χ3v) is 7.18. The molecule has 0 atom stereocenters. The zero-order valence-electron chi connectivity index (χ0n) is 21.1. The Hall–Kier alpha value is -3.92. The van der Waals surface area contributed by atoms with Gasteiger partial charge in [-0.2, -0.15) is 4.98 Å². The highest BCUT2D eigenvalue weighted by Crippen LogP contribution is 2.46. The first kappa shape index (κ1) is 24.8. The van der Waals surface area contributed by atoms with Crippen molar-refractivity contribution < 1.29 is 14.6 Å². The van der Waals surface area contributed by atoms with Crippen LogP contribution in [0.1, 0.15) is 29.5 Å². The van der Waals surface area contributed by atoms with Crippen molar-refractivity contribution in [3.05, 3.63) is 80.1 Å². The van der Waals surface area contributed by atoms with Gasteiger partial charge in [-0.05, 0) is 56.0 Å². The Kier molecular flexibility index (Phi) is 6.59. The number of carbonyl (C=O) groups is 1. The van der Waals surface area contributed by atoms with E-state index in [1.807, 2.05) is 56.3 Å². The molecule has 0 amide bonds. The fourth-order valence-corrected chi connectivity index (χ4v) is 4.69. The second-order valence-electron chi connectivity index (χ2n) is 9.97. The summed E-state index contributed by atoms with van der Waals surface area (Å²) in [5.74, 6) is -0.882. The Balaban J connectivity index is 1.51. The molecule has 0 spiro atoms. The van der Waals surface area contributed by atoms with Gasteiger partial charge in [0, 0.05) is 31.0 Å². The minimum atomic E-state index is -1.08. The standard InChI is InChI=1S/C27H31N5O5/c1-18-3-5-20(6-4-18)16-31-24(29-25(35)32(26(31)36)17-27(9-10-27)23(33)34)28-21-7-8-22(19(2)15-21)30-11-13-37-14-12-30/h3-8,15H,9-14,16-17H2,1-2H3,(H,33,34)(H,28,29,35). The lowest BCUT2D eigenvalue weighted by Gasteiger charge is -2.30. The first-order chi connectivity index (χ1) is 17.8. The van der Waals surface area contributed by atoms with E-state index in [1.165, 1.54) is 4.57 Å². The number of aryl methyl sites for hydroxylation is 2. The van der Waals surface area contributed by atoms with Gasteiger partial charge in [0.25, 0.3) is 0 Å². The molecule has 37 heavy (non-hydrogen) atoms. The highest BCUT2D eigenvalue weighted by Gasteiger charge is 2.51. The molecule has 5 rings (SSSR count). The average molecular weight is 506 g/mol. The van der Waals surface area contributed by atoms with Gasteiger partial charge in [-0.3, -0.25) is 9.36 Å². The molecule has 10 heteroatoms. The molecule has 1 saturated carbocycles. The molecule has 0 unspecified atom stereocenters. The molecule has 10 nitrogen and oxygen atoms in total. The van der Waals surface area contributed by atoms with Crippen LogP contribution in [-0.2, 0) is 22.6 Å². The summed E-state index contributed by atoms with van der Waals surface area (Å²) >= 11 is 0. The maximum atomic E-state index is 13.6.